The number of nitrogens with zero attached hydrogens (tertiary/aromatic N) is 2. The van der Waals surface area contributed by atoms with Crippen LogP contribution < -0.4 is 5.32 Å². The maximum absolute atomic E-state index is 4.39. The molecular formula is C7H11N3S. The Morgan fingerprint density at radius 1 is 1.73 bits per heavy atom. The Morgan fingerprint density at radius 2 is 2.64 bits per heavy atom. The molecule has 3 nitrogen and oxygen atoms in total. The second kappa shape index (κ2) is 2.87. The number of aromatic nitrogens is 2. The quantitative estimate of drug-likeness (QED) is 0.669. The third kappa shape index (κ3) is 1.28. The fourth-order valence-electron chi connectivity index (χ4n) is 1.30. The van der Waals surface area contributed by atoms with E-state index in [4.69, 9.17) is 0 Å². The summed E-state index contributed by atoms with van der Waals surface area (Å²) >= 11 is 1.64. The second-order valence-electron chi connectivity index (χ2n) is 2.61. The van der Waals surface area contributed by atoms with Gasteiger partial charge in [-0.2, -0.15) is 5.10 Å². The molecule has 2 heterocycles. The topological polar surface area (TPSA) is 29.9 Å². The van der Waals surface area contributed by atoms with Gasteiger partial charge in [0, 0.05) is 19.0 Å². The largest absolute Gasteiger partial charge is 0.311 e. The molecule has 60 valence electrons. The molecule has 0 aliphatic carbocycles. The number of rotatable bonds is 1. The normalized spacial score (nSPS) is 16.5. The average Bonchev–Trinajstić information content (AvgIpc) is 2.46. The first-order valence-corrected chi connectivity index (χ1v) is 4.91. The summed E-state index contributed by atoms with van der Waals surface area (Å²) < 4.78 is 1.93. The van der Waals surface area contributed by atoms with Gasteiger partial charge in [0.15, 0.2) is 0 Å². The zero-order valence-electron chi connectivity index (χ0n) is 6.50. The Morgan fingerprint density at radius 3 is 3.36 bits per heavy atom. The monoisotopic (exact) mass is 169 g/mol. The smallest absolute Gasteiger partial charge is 0.0805 e. The van der Waals surface area contributed by atoms with Gasteiger partial charge >= 0.3 is 0 Å². The fraction of sp³-hybridized carbons (Fsp3) is 0.571. The zero-order valence-corrected chi connectivity index (χ0v) is 7.32. The molecule has 2 rings (SSSR count). The van der Waals surface area contributed by atoms with Gasteiger partial charge in [0.25, 0.3) is 0 Å². The molecule has 0 radical (unpaired) electrons. The van der Waals surface area contributed by atoms with Gasteiger partial charge in [-0.15, -0.1) is 0 Å². The molecule has 0 atom stereocenters. The summed E-state index contributed by atoms with van der Waals surface area (Å²) in [7, 11) is 0. The zero-order chi connectivity index (χ0) is 7.68. The predicted molar refractivity (Wildman–Crippen MR) is 46.6 cm³/mol. The Labute approximate surface area is 70.3 Å². The third-order valence-electron chi connectivity index (χ3n) is 1.91. The Kier molecular flexibility index (Phi) is 1.87. The number of fused-ring (bicyclic) bond motifs is 1. The van der Waals surface area contributed by atoms with Gasteiger partial charge in [-0.1, -0.05) is 0 Å². The van der Waals surface area contributed by atoms with Crippen molar-refractivity contribution in [3.8, 4) is 0 Å². The molecule has 0 bridgehead atoms. The minimum Gasteiger partial charge on any atom is -0.311 e. The number of nitrogens with one attached hydrogen (secondary N) is 1. The first-order valence-electron chi connectivity index (χ1n) is 3.73. The van der Waals surface area contributed by atoms with Crippen LogP contribution in [0.15, 0.2) is 6.20 Å². The van der Waals surface area contributed by atoms with Crippen LogP contribution in [-0.4, -0.2) is 22.0 Å². The first-order chi connectivity index (χ1) is 5.40. The highest BCUT2D eigenvalue weighted by atomic mass is 32.2. The highest BCUT2D eigenvalue weighted by molar-refractivity contribution is 7.97. The van der Waals surface area contributed by atoms with E-state index in [-0.39, 0.29) is 0 Å². The molecule has 0 fully saturated rings. The predicted octanol–water partition coefficient (Wildman–Crippen LogP) is 0.655. The van der Waals surface area contributed by atoms with Gasteiger partial charge in [0.1, 0.15) is 0 Å². The first kappa shape index (κ1) is 7.18. The van der Waals surface area contributed by atoms with Crippen molar-refractivity contribution in [1.29, 1.82) is 0 Å². The maximum Gasteiger partial charge on any atom is 0.0805 e. The Bertz CT molecular complexity index is 233. The van der Waals surface area contributed by atoms with Crippen molar-refractivity contribution < 1.29 is 0 Å². The average molecular weight is 169 g/mol. The van der Waals surface area contributed by atoms with E-state index < -0.39 is 0 Å². The molecule has 1 aromatic rings. The lowest BCUT2D eigenvalue weighted by Gasteiger charge is -2.09. The molecular weight excluding hydrogens is 158 g/mol. The molecule has 1 aromatic heterocycles. The summed E-state index contributed by atoms with van der Waals surface area (Å²) in [6.45, 7) is 2.02. The van der Waals surface area contributed by atoms with Crippen molar-refractivity contribution in [1.82, 2.24) is 14.5 Å². The molecule has 1 aliphatic heterocycles. The summed E-state index contributed by atoms with van der Waals surface area (Å²) in [4.78, 5) is 0. The van der Waals surface area contributed by atoms with E-state index >= 15 is 0 Å². The molecule has 0 spiro atoms. The van der Waals surface area contributed by atoms with Gasteiger partial charge < -0.3 is 5.32 Å². The van der Waals surface area contributed by atoms with Crippen molar-refractivity contribution in [2.45, 2.75) is 13.0 Å². The van der Waals surface area contributed by atoms with Crippen LogP contribution in [0.4, 0.5) is 0 Å². The van der Waals surface area contributed by atoms with E-state index in [1.807, 2.05) is 10.3 Å². The van der Waals surface area contributed by atoms with Crippen LogP contribution in [0.1, 0.15) is 11.3 Å². The molecule has 11 heavy (non-hydrogen) atoms. The molecule has 0 aromatic carbocycles. The minimum absolute atomic E-state index is 0.933. The van der Waals surface area contributed by atoms with E-state index in [0.717, 1.165) is 19.5 Å². The van der Waals surface area contributed by atoms with Gasteiger partial charge in [-0.3, -0.25) is 0 Å². The van der Waals surface area contributed by atoms with Gasteiger partial charge in [0.2, 0.25) is 0 Å². The van der Waals surface area contributed by atoms with Crippen molar-refractivity contribution in [3.63, 3.8) is 0 Å². The van der Waals surface area contributed by atoms with E-state index in [9.17, 15) is 0 Å². The van der Waals surface area contributed by atoms with E-state index in [1.54, 1.807) is 11.9 Å². The molecule has 1 aliphatic rings. The van der Waals surface area contributed by atoms with Crippen molar-refractivity contribution in [3.05, 3.63) is 17.5 Å². The van der Waals surface area contributed by atoms with Crippen LogP contribution in [0.2, 0.25) is 0 Å². The molecule has 0 unspecified atom stereocenters. The lowest BCUT2D eigenvalue weighted by Crippen LogP contribution is -2.22. The summed E-state index contributed by atoms with van der Waals surface area (Å²) in [6.07, 6.45) is 5.28. The van der Waals surface area contributed by atoms with Crippen molar-refractivity contribution in [2.24, 2.45) is 0 Å². The third-order valence-corrected chi connectivity index (χ3v) is 2.47. The van der Waals surface area contributed by atoms with Crippen LogP contribution in [0.3, 0.4) is 0 Å². The lowest BCUT2D eigenvalue weighted by molar-refractivity contribution is 0.632. The number of hydrogen-bond donors (Lipinski definition) is 1. The van der Waals surface area contributed by atoms with Crippen molar-refractivity contribution >= 4 is 11.9 Å². The standard InChI is InChI=1S/C7H11N3S/c1-11-10-5-6-2-3-8-4-7(6)9-10/h5,8H,2-4H2,1H3. The minimum atomic E-state index is 0.933. The van der Waals surface area contributed by atoms with Crippen molar-refractivity contribution in [2.75, 3.05) is 12.8 Å². The maximum atomic E-state index is 4.39. The molecule has 1 N–H and O–H groups in total. The highest BCUT2D eigenvalue weighted by Gasteiger charge is 2.11. The fourth-order valence-corrected chi connectivity index (χ4v) is 1.71. The summed E-state index contributed by atoms with van der Waals surface area (Å²) in [5, 5.41) is 7.68. The van der Waals surface area contributed by atoms with E-state index in [1.165, 1.54) is 11.3 Å². The lowest BCUT2D eigenvalue weighted by atomic mass is 10.1. The SMILES string of the molecule is CSn1cc2c(n1)CNCC2. The van der Waals surface area contributed by atoms with Crippen LogP contribution in [-0.2, 0) is 13.0 Å². The van der Waals surface area contributed by atoms with Gasteiger partial charge in [0.05, 0.1) is 5.69 Å². The van der Waals surface area contributed by atoms with Crippen LogP contribution >= 0.6 is 11.9 Å². The molecule has 0 amide bonds. The molecule has 4 heteroatoms. The van der Waals surface area contributed by atoms with E-state index in [0.29, 0.717) is 0 Å². The Hall–Kier alpha value is -0.480. The second-order valence-corrected chi connectivity index (χ2v) is 3.35. The summed E-state index contributed by atoms with van der Waals surface area (Å²) in [5.74, 6) is 0. The molecule has 0 saturated heterocycles. The Balaban J connectivity index is 2.32. The van der Waals surface area contributed by atoms with E-state index in [2.05, 4.69) is 16.6 Å². The number of hydrogen-bond acceptors (Lipinski definition) is 3. The van der Waals surface area contributed by atoms with Crippen LogP contribution in [0, 0.1) is 0 Å². The van der Waals surface area contributed by atoms with Crippen LogP contribution in [0.5, 0.6) is 0 Å². The van der Waals surface area contributed by atoms with Gasteiger partial charge in [-0.05, 0) is 30.5 Å². The summed E-state index contributed by atoms with van der Waals surface area (Å²) in [5.41, 5.74) is 2.61. The summed E-state index contributed by atoms with van der Waals surface area (Å²) in [6, 6.07) is 0. The molecule has 0 saturated carbocycles. The highest BCUT2D eigenvalue weighted by Crippen LogP contribution is 2.13. The van der Waals surface area contributed by atoms with Crippen LogP contribution in [0.25, 0.3) is 0 Å². The van der Waals surface area contributed by atoms with Gasteiger partial charge in [-0.25, -0.2) is 4.09 Å².